The summed E-state index contributed by atoms with van der Waals surface area (Å²) in [5.41, 5.74) is 0. The van der Waals surface area contributed by atoms with E-state index in [0.717, 1.165) is 12.1 Å². The van der Waals surface area contributed by atoms with E-state index in [1.165, 1.54) is 19.1 Å². The molecule has 3 N–H and O–H groups in total. The molecule has 19 heavy (non-hydrogen) atoms. The molecule has 0 spiro atoms. The summed E-state index contributed by atoms with van der Waals surface area (Å²) >= 11 is 0. The molecule has 0 heterocycles. The minimum atomic E-state index is -4.36. The molecule has 0 amide bonds. The molecule has 0 saturated carbocycles. The number of hydrogen-bond donors (Lipinski definition) is 3. The average Bonchev–Trinajstić information content (AvgIpc) is 2.27. The number of alkyl halides is 2. The predicted octanol–water partition coefficient (Wildman–Crippen LogP) is 0.596. The fourth-order valence-electron chi connectivity index (χ4n) is 1.17. The van der Waals surface area contributed by atoms with E-state index in [1.807, 2.05) is 0 Å². The quantitative estimate of drug-likeness (QED) is 0.318. The Morgan fingerprint density at radius 2 is 1.84 bits per heavy atom. The topological polar surface area (TPSA) is 95.9 Å². The maximum Gasteiger partial charge on any atom is 0.356 e. The molecule has 1 rings (SSSR count). The van der Waals surface area contributed by atoms with Gasteiger partial charge in [-0.2, -0.15) is 8.78 Å². The first-order chi connectivity index (χ1) is 8.70. The molecule has 0 fully saturated rings. The van der Waals surface area contributed by atoms with Crippen LogP contribution in [0.5, 0.6) is 5.75 Å². The summed E-state index contributed by atoms with van der Waals surface area (Å²) in [6, 6.07) is 3.31. The SMILES string of the molecule is C[C@H](NC(F)F)C(=O)Oc1ccc(P(=O)(O)O)cc1. The van der Waals surface area contributed by atoms with E-state index >= 15 is 0 Å². The van der Waals surface area contributed by atoms with Gasteiger partial charge in [-0.1, -0.05) is 0 Å². The number of ether oxygens (including phenoxy) is 1. The summed E-state index contributed by atoms with van der Waals surface area (Å²) in [7, 11) is -4.36. The van der Waals surface area contributed by atoms with Crippen molar-refractivity contribution in [3.8, 4) is 5.75 Å². The van der Waals surface area contributed by atoms with E-state index in [9.17, 15) is 18.1 Å². The summed E-state index contributed by atoms with van der Waals surface area (Å²) in [5, 5.41) is 1.44. The Morgan fingerprint density at radius 3 is 2.26 bits per heavy atom. The second kappa shape index (κ2) is 6.21. The smallest absolute Gasteiger partial charge is 0.356 e. The zero-order valence-corrected chi connectivity index (χ0v) is 10.7. The summed E-state index contributed by atoms with van der Waals surface area (Å²) < 4.78 is 39.6. The highest BCUT2D eigenvalue weighted by Gasteiger charge is 2.20. The third kappa shape index (κ3) is 5.04. The van der Waals surface area contributed by atoms with E-state index in [2.05, 4.69) is 0 Å². The summed E-state index contributed by atoms with van der Waals surface area (Å²) in [5.74, 6) is -0.922. The number of rotatable bonds is 5. The third-order valence-corrected chi connectivity index (χ3v) is 3.09. The number of hydrogen-bond acceptors (Lipinski definition) is 4. The van der Waals surface area contributed by atoms with Crippen molar-refractivity contribution in [2.24, 2.45) is 0 Å². The van der Waals surface area contributed by atoms with Crippen LogP contribution in [-0.4, -0.2) is 28.3 Å². The van der Waals surface area contributed by atoms with Gasteiger partial charge in [0.2, 0.25) is 0 Å². The average molecular weight is 295 g/mol. The van der Waals surface area contributed by atoms with Crippen molar-refractivity contribution in [2.45, 2.75) is 19.5 Å². The van der Waals surface area contributed by atoms with Gasteiger partial charge >= 0.3 is 13.6 Å². The van der Waals surface area contributed by atoms with Crippen molar-refractivity contribution in [3.05, 3.63) is 24.3 Å². The lowest BCUT2D eigenvalue weighted by atomic mass is 10.3. The molecular formula is C10H12F2NO5P. The number of carbonyl (C=O) groups excluding carboxylic acids is 1. The molecule has 0 saturated heterocycles. The molecule has 6 nitrogen and oxygen atoms in total. The number of nitrogens with one attached hydrogen (secondary N) is 1. The minimum absolute atomic E-state index is 0.00474. The summed E-state index contributed by atoms with van der Waals surface area (Å²) in [4.78, 5) is 29.1. The first-order valence-corrected chi connectivity index (χ1v) is 6.73. The fourth-order valence-corrected chi connectivity index (χ4v) is 1.71. The second-order valence-electron chi connectivity index (χ2n) is 3.65. The van der Waals surface area contributed by atoms with Crippen LogP contribution in [0, 0.1) is 0 Å². The van der Waals surface area contributed by atoms with Crippen molar-refractivity contribution in [1.29, 1.82) is 0 Å². The number of carbonyl (C=O) groups is 1. The lowest BCUT2D eigenvalue weighted by molar-refractivity contribution is -0.137. The molecular weight excluding hydrogens is 283 g/mol. The van der Waals surface area contributed by atoms with Crippen molar-refractivity contribution < 1.29 is 32.7 Å². The van der Waals surface area contributed by atoms with Crippen LogP contribution in [0.3, 0.4) is 0 Å². The Balaban J connectivity index is 2.68. The monoisotopic (exact) mass is 295 g/mol. The van der Waals surface area contributed by atoms with Crippen LogP contribution < -0.4 is 15.4 Å². The van der Waals surface area contributed by atoms with Gasteiger partial charge < -0.3 is 14.5 Å². The molecule has 1 atom stereocenters. The van der Waals surface area contributed by atoms with Crippen LogP contribution in [0.2, 0.25) is 0 Å². The zero-order valence-electron chi connectivity index (χ0n) is 9.79. The van der Waals surface area contributed by atoms with Gasteiger partial charge in [0.05, 0.1) is 5.30 Å². The van der Waals surface area contributed by atoms with Gasteiger partial charge in [0.25, 0.3) is 6.55 Å². The standard InChI is InChI=1S/C10H12F2NO5P/c1-6(13-10(11)12)9(14)18-7-2-4-8(5-3-7)19(15,16)17/h2-6,10,13H,1H3,(H2,15,16,17)/t6-/m0/s1. The number of halogens is 2. The van der Waals surface area contributed by atoms with Gasteiger partial charge in [-0.05, 0) is 31.2 Å². The van der Waals surface area contributed by atoms with E-state index in [4.69, 9.17) is 14.5 Å². The summed E-state index contributed by atoms with van der Waals surface area (Å²) in [6.45, 7) is -1.64. The van der Waals surface area contributed by atoms with Crippen molar-refractivity contribution in [1.82, 2.24) is 5.32 Å². The molecule has 0 aliphatic carbocycles. The van der Waals surface area contributed by atoms with Gasteiger partial charge in [0.15, 0.2) is 0 Å². The molecule has 106 valence electrons. The molecule has 0 unspecified atom stereocenters. The first kappa shape index (κ1) is 15.7. The van der Waals surface area contributed by atoms with E-state index in [0.29, 0.717) is 0 Å². The highest BCUT2D eigenvalue weighted by atomic mass is 31.2. The molecule has 0 radical (unpaired) electrons. The summed E-state index contributed by atoms with van der Waals surface area (Å²) in [6.07, 6.45) is 0. The van der Waals surface area contributed by atoms with Crippen LogP contribution >= 0.6 is 7.60 Å². The van der Waals surface area contributed by atoms with Gasteiger partial charge in [-0.3, -0.25) is 4.57 Å². The Kier molecular flexibility index (Phi) is 5.13. The highest BCUT2D eigenvalue weighted by molar-refractivity contribution is 7.60. The lowest BCUT2D eigenvalue weighted by Gasteiger charge is -2.12. The van der Waals surface area contributed by atoms with E-state index in [1.54, 1.807) is 5.32 Å². The van der Waals surface area contributed by atoms with Crippen molar-refractivity contribution in [2.75, 3.05) is 0 Å². The van der Waals surface area contributed by atoms with Crippen molar-refractivity contribution in [3.63, 3.8) is 0 Å². The van der Waals surface area contributed by atoms with Crippen LogP contribution in [0.1, 0.15) is 6.92 Å². The van der Waals surface area contributed by atoms with Gasteiger partial charge in [-0.25, -0.2) is 10.1 Å². The predicted molar refractivity (Wildman–Crippen MR) is 62.4 cm³/mol. The van der Waals surface area contributed by atoms with Gasteiger partial charge in [0, 0.05) is 0 Å². The van der Waals surface area contributed by atoms with Crippen LogP contribution in [0.15, 0.2) is 24.3 Å². The molecule has 0 aliphatic heterocycles. The molecule has 1 aromatic carbocycles. The molecule has 0 aromatic heterocycles. The Labute approximate surface area is 107 Å². The lowest BCUT2D eigenvalue weighted by Crippen LogP contribution is -2.39. The number of benzene rings is 1. The van der Waals surface area contributed by atoms with Crippen LogP contribution in [-0.2, 0) is 9.36 Å². The van der Waals surface area contributed by atoms with Crippen LogP contribution in [0.4, 0.5) is 8.78 Å². The van der Waals surface area contributed by atoms with E-state index < -0.39 is 26.2 Å². The Bertz CT molecular complexity index is 487. The fraction of sp³-hybridized carbons (Fsp3) is 0.300. The zero-order chi connectivity index (χ0) is 14.6. The number of esters is 1. The molecule has 1 aromatic rings. The first-order valence-electron chi connectivity index (χ1n) is 5.12. The van der Waals surface area contributed by atoms with Crippen LogP contribution in [0.25, 0.3) is 0 Å². The van der Waals surface area contributed by atoms with E-state index in [-0.39, 0.29) is 11.1 Å². The molecule has 0 aliphatic rings. The molecule has 0 bridgehead atoms. The highest BCUT2D eigenvalue weighted by Crippen LogP contribution is 2.33. The largest absolute Gasteiger partial charge is 0.425 e. The maximum atomic E-state index is 12.0. The normalized spacial score (nSPS) is 13.4. The van der Waals surface area contributed by atoms with Gasteiger partial charge in [-0.15, -0.1) is 0 Å². The Hall–Kier alpha value is -1.34. The Morgan fingerprint density at radius 1 is 1.32 bits per heavy atom. The second-order valence-corrected chi connectivity index (χ2v) is 5.25. The maximum absolute atomic E-state index is 12.0. The third-order valence-electron chi connectivity index (χ3n) is 2.12. The van der Waals surface area contributed by atoms with Gasteiger partial charge in [0.1, 0.15) is 11.8 Å². The molecule has 9 heteroatoms. The van der Waals surface area contributed by atoms with Crippen molar-refractivity contribution >= 4 is 18.9 Å². The minimum Gasteiger partial charge on any atom is -0.425 e.